The molecule has 20 heavy (non-hydrogen) atoms. The standard InChI is InChI=1S/C15H16N2OS2/c1-3-10-7-8-20-13(10)15(18)17-11-6-4-5-9(2)12(11)14(16)19/h4-8H,3H2,1-2H3,(H2,16,19)(H,17,18). The van der Waals surface area contributed by atoms with Crippen LogP contribution in [-0.2, 0) is 6.42 Å². The van der Waals surface area contributed by atoms with Gasteiger partial charge in [-0.3, -0.25) is 4.79 Å². The minimum Gasteiger partial charge on any atom is -0.389 e. The average molecular weight is 304 g/mol. The number of carbonyl (C=O) groups excluding carboxylic acids is 1. The number of anilines is 1. The highest BCUT2D eigenvalue weighted by atomic mass is 32.1. The average Bonchev–Trinajstić information content (AvgIpc) is 2.86. The Balaban J connectivity index is 2.33. The van der Waals surface area contributed by atoms with E-state index in [1.54, 1.807) is 0 Å². The van der Waals surface area contributed by atoms with Gasteiger partial charge in [0.05, 0.1) is 10.6 Å². The van der Waals surface area contributed by atoms with Crippen molar-refractivity contribution in [2.45, 2.75) is 20.3 Å². The fraction of sp³-hybridized carbons (Fsp3) is 0.200. The molecule has 1 amide bonds. The number of hydrogen-bond donors (Lipinski definition) is 2. The Morgan fingerprint density at radius 1 is 1.40 bits per heavy atom. The minimum atomic E-state index is -0.111. The van der Waals surface area contributed by atoms with Gasteiger partial charge in [0.1, 0.15) is 4.99 Å². The van der Waals surface area contributed by atoms with Gasteiger partial charge >= 0.3 is 0 Å². The van der Waals surface area contributed by atoms with Crippen molar-refractivity contribution in [1.29, 1.82) is 0 Å². The maximum absolute atomic E-state index is 12.4. The van der Waals surface area contributed by atoms with Gasteiger partial charge in [-0.2, -0.15) is 0 Å². The maximum Gasteiger partial charge on any atom is 0.266 e. The molecule has 0 bridgehead atoms. The van der Waals surface area contributed by atoms with E-state index in [0.29, 0.717) is 10.7 Å². The fourth-order valence-corrected chi connectivity index (χ4v) is 3.25. The normalized spacial score (nSPS) is 10.3. The number of nitrogens with one attached hydrogen (secondary N) is 1. The summed E-state index contributed by atoms with van der Waals surface area (Å²) in [6.45, 7) is 3.96. The molecule has 0 fully saturated rings. The molecule has 0 atom stereocenters. The summed E-state index contributed by atoms with van der Waals surface area (Å²) >= 11 is 6.51. The first kappa shape index (κ1) is 14.7. The Bertz CT molecular complexity index is 662. The van der Waals surface area contributed by atoms with Gasteiger partial charge in [-0.1, -0.05) is 31.3 Å². The van der Waals surface area contributed by atoms with Gasteiger partial charge in [0.2, 0.25) is 0 Å². The van der Waals surface area contributed by atoms with E-state index in [-0.39, 0.29) is 5.91 Å². The summed E-state index contributed by atoms with van der Waals surface area (Å²) in [7, 11) is 0. The molecular formula is C15H16N2OS2. The molecule has 2 rings (SSSR count). The number of carbonyl (C=O) groups is 1. The predicted molar refractivity (Wildman–Crippen MR) is 88.7 cm³/mol. The van der Waals surface area contributed by atoms with Crippen LogP contribution < -0.4 is 11.1 Å². The zero-order valence-electron chi connectivity index (χ0n) is 11.4. The molecule has 3 nitrogen and oxygen atoms in total. The van der Waals surface area contributed by atoms with Crippen LogP contribution in [0.5, 0.6) is 0 Å². The lowest BCUT2D eigenvalue weighted by atomic mass is 10.1. The van der Waals surface area contributed by atoms with Crippen molar-refractivity contribution in [2.75, 3.05) is 5.32 Å². The summed E-state index contributed by atoms with van der Waals surface area (Å²) in [4.78, 5) is 13.4. The maximum atomic E-state index is 12.4. The molecular weight excluding hydrogens is 288 g/mol. The highest BCUT2D eigenvalue weighted by Gasteiger charge is 2.15. The Kier molecular flexibility index (Phi) is 4.52. The smallest absolute Gasteiger partial charge is 0.266 e. The lowest BCUT2D eigenvalue weighted by molar-refractivity contribution is 0.103. The number of nitrogens with two attached hydrogens (primary N) is 1. The number of aryl methyl sites for hydroxylation is 2. The molecule has 2 aromatic rings. The van der Waals surface area contributed by atoms with E-state index in [4.69, 9.17) is 18.0 Å². The van der Waals surface area contributed by atoms with Crippen LogP contribution in [0.1, 0.15) is 33.3 Å². The Labute approximate surface area is 127 Å². The second kappa shape index (κ2) is 6.15. The van der Waals surface area contributed by atoms with Crippen molar-refractivity contribution in [3.05, 3.63) is 51.2 Å². The van der Waals surface area contributed by atoms with E-state index in [1.165, 1.54) is 11.3 Å². The van der Waals surface area contributed by atoms with E-state index >= 15 is 0 Å². The van der Waals surface area contributed by atoms with E-state index in [9.17, 15) is 4.79 Å². The first-order chi connectivity index (χ1) is 9.54. The first-order valence-electron chi connectivity index (χ1n) is 6.31. The lowest BCUT2D eigenvalue weighted by Gasteiger charge is -2.12. The summed E-state index contributed by atoms with van der Waals surface area (Å²) in [5.41, 5.74) is 9.15. The largest absolute Gasteiger partial charge is 0.389 e. The summed E-state index contributed by atoms with van der Waals surface area (Å²) < 4.78 is 0. The van der Waals surface area contributed by atoms with E-state index < -0.39 is 0 Å². The molecule has 0 saturated heterocycles. The van der Waals surface area contributed by atoms with Crippen LogP contribution in [0, 0.1) is 6.92 Å². The number of hydrogen-bond acceptors (Lipinski definition) is 3. The zero-order chi connectivity index (χ0) is 14.7. The molecule has 1 aromatic heterocycles. The molecule has 0 unspecified atom stereocenters. The van der Waals surface area contributed by atoms with Crippen molar-refractivity contribution in [2.24, 2.45) is 5.73 Å². The molecule has 3 N–H and O–H groups in total. The third-order valence-electron chi connectivity index (χ3n) is 3.10. The number of thiophene rings is 1. The summed E-state index contributed by atoms with van der Waals surface area (Å²) in [6, 6.07) is 7.59. The van der Waals surface area contributed by atoms with Crippen LogP contribution in [0.25, 0.3) is 0 Å². The van der Waals surface area contributed by atoms with Crippen LogP contribution in [0.3, 0.4) is 0 Å². The van der Waals surface area contributed by atoms with Crippen molar-refractivity contribution in [3.63, 3.8) is 0 Å². The molecule has 5 heteroatoms. The Morgan fingerprint density at radius 3 is 2.80 bits per heavy atom. The number of thiocarbonyl (C=S) groups is 1. The number of benzene rings is 1. The second-order valence-corrected chi connectivity index (χ2v) is 5.80. The third kappa shape index (κ3) is 2.89. The molecule has 0 aliphatic rings. The van der Waals surface area contributed by atoms with Crippen LogP contribution in [0.2, 0.25) is 0 Å². The van der Waals surface area contributed by atoms with Gasteiger partial charge < -0.3 is 11.1 Å². The van der Waals surface area contributed by atoms with Crippen molar-refractivity contribution >= 4 is 40.1 Å². The van der Waals surface area contributed by atoms with Crippen LogP contribution in [-0.4, -0.2) is 10.9 Å². The van der Waals surface area contributed by atoms with Gasteiger partial charge in [0.25, 0.3) is 5.91 Å². The van der Waals surface area contributed by atoms with E-state index in [2.05, 4.69) is 5.32 Å². The van der Waals surface area contributed by atoms with Crippen molar-refractivity contribution in [3.8, 4) is 0 Å². The van der Waals surface area contributed by atoms with E-state index in [1.807, 2.05) is 43.5 Å². The molecule has 0 spiro atoms. The predicted octanol–water partition coefficient (Wildman–Crippen LogP) is 3.51. The summed E-state index contributed by atoms with van der Waals surface area (Å²) in [5.74, 6) is -0.111. The summed E-state index contributed by atoms with van der Waals surface area (Å²) in [6.07, 6.45) is 0.836. The minimum absolute atomic E-state index is 0.111. The number of amides is 1. The molecule has 0 saturated carbocycles. The number of rotatable bonds is 4. The molecule has 1 aromatic carbocycles. The molecule has 0 aliphatic carbocycles. The Morgan fingerprint density at radius 2 is 2.15 bits per heavy atom. The van der Waals surface area contributed by atoms with Gasteiger partial charge in [-0.15, -0.1) is 11.3 Å². The highest BCUT2D eigenvalue weighted by molar-refractivity contribution is 7.80. The second-order valence-electron chi connectivity index (χ2n) is 4.44. The molecule has 104 valence electrons. The summed E-state index contributed by atoms with van der Waals surface area (Å²) in [5, 5.41) is 4.84. The van der Waals surface area contributed by atoms with E-state index in [0.717, 1.165) is 28.0 Å². The molecule has 0 aliphatic heterocycles. The van der Waals surface area contributed by atoms with Gasteiger partial charge in [-0.05, 0) is 42.0 Å². The quantitative estimate of drug-likeness (QED) is 0.850. The van der Waals surface area contributed by atoms with Crippen LogP contribution >= 0.6 is 23.6 Å². The fourth-order valence-electron chi connectivity index (χ4n) is 2.09. The molecule has 1 heterocycles. The van der Waals surface area contributed by atoms with Crippen LogP contribution in [0.4, 0.5) is 5.69 Å². The van der Waals surface area contributed by atoms with Gasteiger partial charge in [-0.25, -0.2) is 0 Å². The monoisotopic (exact) mass is 304 g/mol. The highest BCUT2D eigenvalue weighted by Crippen LogP contribution is 2.23. The zero-order valence-corrected chi connectivity index (χ0v) is 13.0. The van der Waals surface area contributed by atoms with Crippen LogP contribution in [0.15, 0.2) is 29.6 Å². The molecule has 0 radical (unpaired) electrons. The van der Waals surface area contributed by atoms with Gasteiger partial charge in [0, 0.05) is 5.56 Å². The first-order valence-corrected chi connectivity index (χ1v) is 7.60. The topological polar surface area (TPSA) is 55.1 Å². The van der Waals surface area contributed by atoms with Gasteiger partial charge in [0.15, 0.2) is 0 Å². The SMILES string of the molecule is CCc1ccsc1C(=O)Nc1cccc(C)c1C(N)=S. The lowest BCUT2D eigenvalue weighted by Crippen LogP contribution is -2.18. The van der Waals surface area contributed by atoms with Crippen molar-refractivity contribution in [1.82, 2.24) is 0 Å². The van der Waals surface area contributed by atoms with Crippen molar-refractivity contribution < 1.29 is 4.79 Å². The Hall–Kier alpha value is -1.72. The third-order valence-corrected chi connectivity index (χ3v) is 4.26.